The number of carbonyl (C=O) groups is 1. The summed E-state index contributed by atoms with van der Waals surface area (Å²) in [6.07, 6.45) is -6.24. The van der Waals surface area contributed by atoms with Crippen LogP contribution in [0.4, 0.5) is 43.7 Å². The normalized spacial score (nSPS) is 11.6. The maximum absolute atomic E-state index is 12.5. The lowest BCUT2D eigenvalue weighted by Gasteiger charge is -2.12. The molecule has 0 aliphatic heterocycles. The summed E-state index contributed by atoms with van der Waals surface area (Å²) in [6, 6.07) is 5.88. The van der Waals surface area contributed by atoms with Gasteiger partial charge < -0.3 is 20.1 Å². The number of ether oxygens (including phenoxy) is 2. The number of aromatic nitrogens is 4. The van der Waals surface area contributed by atoms with Crippen LogP contribution in [0.2, 0.25) is 0 Å². The third kappa shape index (κ3) is 7.48. The van der Waals surface area contributed by atoms with Crippen LogP contribution >= 0.6 is 0 Å². The number of nitrogens with one attached hydrogen (secondary N) is 2. The molecule has 3 aromatic rings. The Morgan fingerprint density at radius 1 is 1.00 bits per heavy atom. The lowest BCUT2D eigenvalue weighted by molar-refractivity contribution is -0.274. The number of hydrogen-bond acceptors (Lipinski definition) is 8. The molecule has 0 aliphatic carbocycles. The van der Waals surface area contributed by atoms with E-state index < -0.39 is 36.7 Å². The molecule has 0 saturated carbocycles. The monoisotopic (exact) mass is 474 g/mol. The molecule has 0 radical (unpaired) electrons. The molecule has 15 heteroatoms. The van der Waals surface area contributed by atoms with Crippen molar-refractivity contribution in [2.24, 2.45) is 0 Å². The van der Waals surface area contributed by atoms with Crippen LogP contribution in [0.5, 0.6) is 11.6 Å². The highest BCUT2D eigenvalue weighted by Gasteiger charge is 2.31. The SMILES string of the molecule is O=C(Nc1cncnc1OCC(F)(F)F)c1ccnc(Nc2ccc(OC(F)(F)F)cc2)n1. The second kappa shape index (κ2) is 9.54. The summed E-state index contributed by atoms with van der Waals surface area (Å²) in [4.78, 5) is 27.5. The molecule has 0 atom stereocenters. The van der Waals surface area contributed by atoms with Gasteiger partial charge in [-0.2, -0.15) is 18.2 Å². The van der Waals surface area contributed by atoms with Gasteiger partial charge in [0.25, 0.3) is 5.91 Å². The third-order valence-corrected chi connectivity index (χ3v) is 3.53. The van der Waals surface area contributed by atoms with Crippen LogP contribution in [0, 0.1) is 0 Å². The van der Waals surface area contributed by atoms with Crippen molar-refractivity contribution in [1.82, 2.24) is 19.9 Å². The van der Waals surface area contributed by atoms with Gasteiger partial charge in [-0.15, -0.1) is 13.2 Å². The molecule has 0 fully saturated rings. The molecule has 174 valence electrons. The van der Waals surface area contributed by atoms with E-state index in [1.165, 1.54) is 24.4 Å². The topological polar surface area (TPSA) is 111 Å². The molecular formula is C18H12F6N6O3. The van der Waals surface area contributed by atoms with Crippen LogP contribution < -0.4 is 20.1 Å². The van der Waals surface area contributed by atoms with Gasteiger partial charge in [0.2, 0.25) is 11.8 Å². The average molecular weight is 474 g/mol. The molecule has 3 rings (SSSR count). The number of anilines is 3. The summed E-state index contributed by atoms with van der Waals surface area (Å²) in [7, 11) is 0. The van der Waals surface area contributed by atoms with Gasteiger partial charge in [-0.25, -0.2) is 15.0 Å². The number of rotatable bonds is 7. The van der Waals surface area contributed by atoms with E-state index in [1.807, 2.05) is 0 Å². The van der Waals surface area contributed by atoms with Crippen molar-refractivity contribution in [3.05, 3.63) is 54.7 Å². The summed E-state index contributed by atoms with van der Waals surface area (Å²) in [5.74, 6) is -1.84. The van der Waals surface area contributed by atoms with Crippen molar-refractivity contribution in [1.29, 1.82) is 0 Å². The Labute approximate surface area is 180 Å². The first kappa shape index (κ1) is 23.5. The lowest BCUT2D eigenvalue weighted by atomic mass is 10.3. The van der Waals surface area contributed by atoms with Crippen LogP contribution in [0.25, 0.3) is 0 Å². The van der Waals surface area contributed by atoms with E-state index in [0.29, 0.717) is 5.69 Å². The van der Waals surface area contributed by atoms with E-state index in [1.54, 1.807) is 0 Å². The highest BCUT2D eigenvalue weighted by atomic mass is 19.4. The molecule has 33 heavy (non-hydrogen) atoms. The van der Waals surface area contributed by atoms with E-state index in [4.69, 9.17) is 0 Å². The van der Waals surface area contributed by atoms with Crippen molar-refractivity contribution in [3.63, 3.8) is 0 Å². The van der Waals surface area contributed by atoms with Crippen molar-refractivity contribution in [2.45, 2.75) is 12.5 Å². The number of hydrogen-bond donors (Lipinski definition) is 2. The molecule has 2 N–H and O–H groups in total. The first-order valence-electron chi connectivity index (χ1n) is 8.75. The number of halogens is 6. The van der Waals surface area contributed by atoms with Gasteiger partial charge in [0, 0.05) is 11.9 Å². The number of carbonyl (C=O) groups excluding carboxylic acids is 1. The minimum Gasteiger partial charge on any atom is -0.466 e. The van der Waals surface area contributed by atoms with E-state index in [0.717, 1.165) is 24.7 Å². The van der Waals surface area contributed by atoms with Gasteiger partial charge >= 0.3 is 12.5 Å². The molecule has 0 bridgehead atoms. The summed E-state index contributed by atoms with van der Waals surface area (Å²) in [5.41, 5.74) is -0.114. The highest BCUT2D eigenvalue weighted by molar-refractivity contribution is 6.03. The second-order valence-electron chi connectivity index (χ2n) is 6.06. The van der Waals surface area contributed by atoms with Gasteiger partial charge in [0.15, 0.2) is 6.61 Å². The lowest BCUT2D eigenvalue weighted by Crippen LogP contribution is -2.21. The maximum Gasteiger partial charge on any atom is 0.573 e. The van der Waals surface area contributed by atoms with Crippen LogP contribution in [0.15, 0.2) is 49.1 Å². The van der Waals surface area contributed by atoms with E-state index in [-0.39, 0.29) is 17.3 Å². The zero-order valence-electron chi connectivity index (χ0n) is 16.1. The van der Waals surface area contributed by atoms with E-state index >= 15 is 0 Å². The quantitative estimate of drug-likeness (QED) is 0.493. The molecule has 1 amide bonds. The van der Waals surface area contributed by atoms with Crippen molar-refractivity contribution < 1.29 is 40.6 Å². The Kier molecular flexibility index (Phi) is 6.79. The fourth-order valence-electron chi connectivity index (χ4n) is 2.27. The Hall–Kier alpha value is -4.17. The minimum absolute atomic E-state index is 0.0787. The van der Waals surface area contributed by atoms with Gasteiger partial charge in [-0.3, -0.25) is 4.79 Å². The number of nitrogens with zero attached hydrogens (tertiary/aromatic N) is 4. The zero-order valence-corrected chi connectivity index (χ0v) is 16.1. The van der Waals surface area contributed by atoms with E-state index in [2.05, 4.69) is 40.0 Å². The van der Waals surface area contributed by atoms with Crippen molar-refractivity contribution in [2.75, 3.05) is 17.2 Å². The average Bonchev–Trinajstić information content (AvgIpc) is 2.73. The van der Waals surface area contributed by atoms with Crippen LogP contribution in [0.3, 0.4) is 0 Å². The summed E-state index contributed by atoms with van der Waals surface area (Å²) in [6.45, 7) is -1.62. The summed E-state index contributed by atoms with van der Waals surface area (Å²) < 4.78 is 82.1. The fourth-order valence-corrected chi connectivity index (χ4v) is 2.27. The van der Waals surface area contributed by atoms with E-state index in [9.17, 15) is 31.1 Å². The Balaban J connectivity index is 1.68. The fraction of sp³-hybridized carbons (Fsp3) is 0.167. The van der Waals surface area contributed by atoms with Crippen LogP contribution in [-0.4, -0.2) is 45.0 Å². The van der Waals surface area contributed by atoms with Crippen molar-refractivity contribution in [3.8, 4) is 11.6 Å². The Morgan fingerprint density at radius 3 is 2.39 bits per heavy atom. The molecular weight excluding hydrogens is 462 g/mol. The molecule has 1 aromatic carbocycles. The highest BCUT2D eigenvalue weighted by Crippen LogP contribution is 2.25. The Morgan fingerprint density at radius 2 is 1.73 bits per heavy atom. The zero-order chi connectivity index (χ0) is 24.1. The molecule has 2 aromatic heterocycles. The van der Waals surface area contributed by atoms with Crippen molar-refractivity contribution >= 4 is 23.2 Å². The molecule has 9 nitrogen and oxygen atoms in total. The molecule has 2 heterocycles. The number of amides is 1. The van der Waals surface area contributed by atoms with Gasteiger partial charge in [-0.05, 0) is 30.3 Å². The minimum atomic E-state index is -4.83. The second-order valence-corrected chi connectivity index (χ2v) is 6.06. The molecule has 0 aliphatic rings. The summed E-state index contributed by atoms with van der Waals surface area (Å²) >= 11 is 0. The predicted molar refractivity (Wildman–Crippen MR) is 100.0 cm³/mol. The third-order valence-electron chi connectivity index (χ3n) is 3.53. The molecule has 0 saturated heterocycles. The predicted octanol–water partition coefficient (Wildman–Crippen LogP) is 4.10. The number of alkyl halides is 6. The Bertz CT molecular complexity index is 1110. The van der Waals surface area contributed by atoms with Crippen LogP contribution in [-0.2, 0) is 0 Å². The standard InChI is InChI=1S/C18H12F6N6O3/c19-17(20,21)8-32-15-13(7-25-9-27-15)29-14(31)12-5-6-26-16(30-12)28-10-1-3-11(4-2-10)33-18(22,23)24/h1-7,9H,8H2,(H,29,31)(H,26,28,30). The van der Waals surface area contributed by atoms with Gasteiger partial charge in [0.1, 0.15) is 23.5 Å². The first-order chi connectivity index (χ1) is 15.5. The molecule has 0 unspecified atom stereocenters. The molecule has 0 spiro atoms. The number of benzene rings is 1. The van der Waals surface area contributed by atoms with Gasteiger partial charge in [-0.1, -0.05) is 0 Å². The largest absolute Gasteiger partial charge is 0.573 e. The van der Waals surface area contributed by atoms with Crippen LogP contribution in [0.1, 0.15) is 10.5 Å². The maximum atomic E-state index is 12.5. The van der Waals surface area contributed by atoms with Gasteiger partial charge in [0.05, 0.1) is 6.20 Å². The smallest absolute Gasteiger partial charge is 0.466 e. The first-order valence-corrected chi connectivity index (χ1v) is 8.75. The summed E-state index contributed by atoms with van der Waals surface area (Å²) in [5, 5.41) is 4.97.